The van der Waals surface area contributed by atoms with Crippen molar-refractivity contribution in [2.24, 2.45) is 0 Å². The Kier molecular flexibility index (Phi) is 6.04. The Morgan fingerprint density at radius 3 is 2.94 bits per heavy atom. The van der Waals surface area contributed by atoms with Gasteiger partial charge in [0.25, 0.3) is 0 Å². The van der Waals surface area contributed by atoms with Gasteiger partial charge in [0, 0.05) is 32.2 Å². The molecule has 1 aromatic rings. The Morgan fingerprint density at radius 1 is 1.50 bits per heavy atom. The van der Waals surface area contributed by atoms with Crippen LogP contribution in [0.1, 0.15) is 36.9 Å². The number of nitrogens with one attached hydrogen (secondary N) is 1. The molecule has 0 aliphatic rings. The molecule has 0 bridgehead atoms. The van der Waals surface area contributed by atoms with Gasteiger partial charge in [-0.15, -0.1) is 0 Å². The number of nitrogens with zero attached hydrogens (tertiary/aromatic N) is 1. The summed E-state index contributed by atoms with van der Waals surface area (Å²) in [4.78, 5) is 4.18. The SMILES string of the molecule is CCc1cnccc1C(CCCOC)NC. The molecule has 1 atom stereocenters. The summed E-state index contributed by atoms with van der Waals surface area (Å²) >= 11 is 0. The molecule has 1 unspecified atom stereocenters. The lowest BCUT2D eigenvalue weighted by Gasteiger charge is -2.19. The van der Waals surface area contributed by atoms with E-state index in [2.05, 4.69) is 23.3 Å². The van der Waals surface area contributed by atoms with Crippen LogP contribution in [-0.4, -0.2) is 25.7 Å². The van der Waals surface area contributed by atoms with Crippen LogP contribution in [0.4, 0.5) is 0 Å². The second kappa shape index (κ2) is 7.36. The maximum absolute atomic E-state index is 5.09. The van der Waals surface area contributed by atoms with Gasteiger partial charge in [0.1, 0.15) is 0 Å². The van der Waals surface area contributed by atoms with Crippen LogP contribution in [0.15, 0.2) is 18.5 Å². The molecule has 1 heterocycles. The summed E-state index contributed by atoms with van der Waals surface area (Å²) in [5.41, 5.74) is 2.70. The standard InChI is InChI=1S/C13H22N2O/c1-4-11-10-15-8-7-12(11)13(14-2)6-5-9-16-3/h7-8,10,13-14H,4-6,9H2,1-3H3. The fraction of sp³-hybridized carbons (Fsp3) is 0.615. The van der Waals surface area contributed by atoms with Gasteiger partial charge in [-0.2, -0.15) is 0 Å². The van der Waals surface area contributed by atoms with E-state index in [0.29, 0.717) is 6.04 Å². The van der Waals surface area contributed by atoms with Gasteiger partial charge < -0.3 is 10.1 Å². The second-order valence-corrected chi connectivity index (χ2v) is 3.90. The Hall–Kier alpha value is -0.930. The topological polar surface area (TPSA) is 34.1 Å². The summed E-state index contributed by atoms with van der Waals surface area (Å²) < 4.78 is 5.09. The lowest BCUT2D eigenvalue weighted by Crippen LogP contribution is -2.18. The van der Waals surface area contributed by atoms with Crippen LogP contribution in [0.5, 0.6) is 0 Å². The maximum atomic E-state index is 5.09. The Balaban J connectivity index is 2.69. The van der Waals surface area contributed by atoms with Gasteiger partial charge in [-0.05, 0) is 43.5 Å². The first-order valence-corrected chi connectivity index (χ1v) is 5.92. The molecular formula is C13H22N2O. The number of pyridine rings is 1. The van der Waals surface area contributed by atoms with Crippen molar-refractivity contribution in [3.63, 3.8) is 0 Å². The molecule has 0 fully saturated rings. The fourth-order valence-corrected chi connectivity index (χ4v) is 1.96. The van der Waals surface area contributed by atoms with Gasteiger partial charge >= 0.3 is 0 Å². The van der Waals surface area contributed by atoms with E-state index in [1.165, 1.54) is 11.1 Å². The van der Waals surface area contributed by atoms with Crippen LogP contribution < -0.4 is 5.32 Å². The summed E-state index contributed by atoms with van der Waals surface area (Å²) in [7, 11) is 3.76. The highest BCUT2D eigenvalue weighted by molar-refractivity contribution is 5.26. The van der Waals surface area contributed by atoms with Crippen LogP contribution in [0.25, 0.3) is 0 Å². The number of hydrogen-bond acceptors (Lipinski definition) is 3. The van der Waals surface area contributed by atoms with E-state index >= 15 is 0 Å². The molecule has 0 radical (unpaired) electrons. The Morgan fingerprint density at radius 2 is 2.31 bits per heavy atom. The van der Waals surface area contributed by atoms with E-state index in [0.717, 1.165) is 25.9 Å². The third kappa shape index (κ3) is 3.58. The summed E-state index contributed by atoms with van der Waals surface area (Å²) in [5, 5.41) is 3.37. The summed E-state index contributed by atoms with van der Waals surface area (Å²) in [6, 6.07) is 2.53. The van der Waals surface area contributed by atoms with Gasteiger partial charge in [-0.3, -0.25) is 4.98 Å². The van der Waals surface area contributed by atoms with Crippen LogP contribution in [-0.2, 0) is 11.2 Å². The van der Waals surface area contributed by atoms with Gasteiger partial charge in [-0.25, -0.2) is 0 Å². The highest BCUT2D eigenvalue weighted by Crippen LogP contribution is 2.21. The fourth-order valence-electron chi connectivity index (χ4n) is 1.96. The van der Waals surface area contributed by atoms with Crippen molar-refractivity contribution in [2.45, 2.75) is 32.2 Å². The quantitative estimate of drug-likeness (QED) is 0.719. The first kappa shape index (κ1) is 13.1. The molecule has 1 aromatic heterocycles. The van der Waals surface area contributed by atoms with Crippen molar-refractivity contribution < 1.29 is 4.74 Å². The number of aromatic nitrogens is 1. The van der Waals surface area contributed by atoms with E-state index in [4.69, 9.17) is 4.74 Å². The predicted molar refractivity (Wildman–Crippen MR) is 66.5 cm³/mol. The van der Waals surface area contributed by atoms with E-state index < -0.39 is 0 Å². The van der Waals surface area contributed by atoms with E-state index in [1.807, 2.05) is 19.4 Å². The van der Waals surface area contributed by atoms with Crippen LogP contribution in [0.2, 0.25) is 0 Å². The molecular weight excluding hydrogens is 200 g/mol. The number of hydrogen-bond donors (Lipinski definition) is 1. The molecule has 16 heavy (non-hydrogen) atoms. The number of rotatable bonds is 7. The predicted octanol–water partition coefficient (Wildman–Crippen LogP) is 2.33. The van der Waals surface area contributed by atoms with Crippen LogP contribution >= 0.6 is 0 Å². The largest absolute Gasteiger partial charge is 0.385 e. The van der Waals surface area contributed by atoms with Gasteiger partial charge in [0.05, 0.1) is 0 Å². The van der Waals surface area contributed by atoms with Crippen molar-refractivity contribution in [1.82, 2.24) is 10.3 Å². The van der Waals surface area contributed by atoms with E-state index in [-0.39, 0.29) is 0 Å². The molecule has 3 nitrogen and oxygen atoms in total. The molecule has 90 valence electrons. The maximum Gasteiger partial charge on any atom is 0.0462 e. The molecule has 3 heteroatoms. The number of methoxy groups -OCH3 is 1. The zero-order valence-electron chi connectivity index (χ0n) is 10.5. The van der Waals surface area contributed by atoms with Crippen molar-refractivity contribution >= 4 is 0 Å². The minimum atomic E-state index is 0.410. The molecule has 0 aromatic carbocycles. The molecule has 0 amide bonds. The van der Waals surface area contributed by atoms with E-state index in [9.17, 15) is 0 Å². The molecule has 0 aliphatic heterocycles. The number of ether oxygens (including phenoxy) is 1. The van der Waals surface area contributed by atoms with Gasteiger partial charge in [0.15, 0.2) is 0 Å². The van der Waals surface area contributed by atoms with E-state index in [1.54, 1.807) is 7.11 Å². The molecule has 0 spiro atoms. The molecule has 0 saturated carbocycles. The molecule has 0 aliphatic carbocycles. The van der Waals surface area contributed by atoms with Crippen molar-refractivity contribution in [1.29, 1.82) is 0 Å². The van der Waals surface area contributed by atoms with Crippen molar-refractivity contribution in [2.75, 3.05) is 20.8 Å². The second-order valence-electron chi connectivity index (χ2n) is 3.90. The van der Waals surface area contributed by atoms with Gasteiger partial charge in [0.2, 0.25) is 0 Å². The van der Waals surface area contributed by atoms with Gasteiger partial charge in [-0.1, -0.05) is 6.92 Å². The van der Waals surface area contributed by atoms with Crippen molar-refractivity contribution in [3.8, 4) is 0 Å². The Labute approximate surface area is 98.2 Å². The summed E-state index contributed by atoms with van der Waals surface area (Å²) in [5.74, 6) is 0. The highest BCUT2D eigenvalue weighted by Gasteiger charge is 2.12. The van der Waals surface area contributed by atoms with Crippen molar-refractivity contribution in [3.05, 3.63) is 29.6 Å². The lowest BCUT2D eigenvalue weighted by atomic mass is 9.97. The minimum absolute atomic E-state index is 0.410. The first-order valence-electron chi connectivity index (χ1n) is 5.92. The molecule has 1 N–H and O–H groups in total. The zero-order chi connectivity index (χ0) is 11.8. The third-order valence-electron chi connectivity index (χ3n) is 2.89. The Bertz CT molecular complexity index is 302. The average molecular weight is 222 g/mol. The lowest BCUT2D eigenvalue weighted by molar-refractivity contribution is 0.189. The summed E-state index contributed by atoms with van der Waals surface area (Å²) in [6.45, 7) is 2.99. The number of aryl methyl sites for hydroxylation is 1. The monoisotopic (exact) mass is 222 g/mol. The normalized spacial score (nSPS) is 12.7. The first-order chi connectivity index (χ1) is 7.83. The van der Waals surface area contributed by atoms with Crippen LogP contribution in [0, 0.1) is 0 Å². The third-order valence-corrected chi connectivity index (χ3v) is 2.89. The summed E-state index contributed by atoms with van der Waals surface area (Å²) in [6.07, 6.45) is 7.05. The highest BCUT2D eigenvalue weighted by atomic mass is 16.5. The minimum Gasteiger partial charge on any atom is -0.385 e. The molecule has 0 saturated heterocycles. The van der Waals surface area contributed by atoms with Crippen LogP contribution in [0.3, 0.4) is 0 Å². The molecule has 1 rings (SSSR count). The average Bonchev–Trinajstić information content (AvgIpc) is 2.35. The smallest absolute Gasteiger partial charge is 0.0462 e. The zero-order valence-corrected chi connectivity index (χ0v) is 10.5.